The number of fused-ring (bicyclic) bond motifs is 3. The predicted molar refractivity (Wildman–Crippen MR) is 117 cm³/mol. The summed E-state index contributed by atoms with van der Waals surface area (Å²) in [6.07, 6.45) is 7.00. The molecule has 6 nitrogen and oxygen atoms in total. The number of hydrogen-bond acceptors (Lipinski definition) is 4. The van der Waals surface area contributed by atoms with Gasteiger partial charge in [-0.3, -0.25) is 4.79 Å². The summed E-state index contributed by atoms with van der Waals surface area (Å²) in [7, 11) is 0. The molecule has 0 atom stereocenters. The van der Waals surface area contributed by atoms with E-state index in [1.807, 2.05) is 67.0 Å². The SMILES string of the molecule is Nc1nc2ccccc2c2c1ncn2CCCCNC(=O)C=Cc1ccccc1. The molecule has 0 bridgehead atoms. The molecule has 0 fully saturated rings. The molecule has 0 unspecified atom stereocenters. The maximum Gasteiger partial charge on any atom is 0.243 e. The molecule has 4 aromatic rings. The van der Waals surface area contributed by atoms with Crippen molar-refractivity contribution in [1.82, 2.24) is 19.9 Å². The molecule has 0 saturated carbocycles. The number of nitrogens with one attached hydrogen (secondary N) is 1. The van der Waals surface area contributed by atoms with Crippen molar-refractivity contribution in [2.24, 2.45) is 0 Å². The minimum absolute atomic E-state index is 0.0771. The van der Waals surface area contributed by atoms with E-state index < -0.39 is 0 Å². The molecule has 2 aromatic carbocycles. The van der Waals surface area contributed by atoms with E-state index in [1.165, 1.54) is 0 Å². The van der Waals surface area contributed by atoms with E-state index in [0.29, 0.717) is 12.4 Å². The van der Waals surface area contributed by atoms with Gasteiger partial charge in [0.25, 0.3) is 0 Å². The number of aromatic nitrogens is 3. The Labute approximate surface area is 169 Å². The molecule has 3 N–H and O–H groups in total. The lowest BCUT2D eigenvalue weighted by molar-refractivity contribution is -0.116. The number of hydrogen-bond donors (Lipinski definition) is 2. The van der Waals surface area contributed by atoms with Crippen molar-refractivity contribution in [3.63, 3.8) is 0 Å². The number of aryl methyl sites for hydroxylation is 1. The number of pyridine rings is 1. The highest BCUT2D eigenvalue weighted by Gasteiger charge is 2.11. The first-order valence-corrected chi connectivity index (χ1v) is 9.72. The Morgan fingerprint density at radius 3 is 2.72 bits per heavy atom. The number of rotatable bonds is 7. The van der Waals surface area contributed by atoms with Gasteiger partial charge in [0.2, 0.25) is 5.91 Å². The molecule has 2 aromatic heterocycles. The Kier molecular flexibility index (Phi) is 5.52. The van der Waals surface area contributed by atoms with Crippen molar-refractivity contribution < 1.29 is 4.79 Å². The fraction of sp³-hybridized carbons (Fsp3) is 0.174. The molecule has 29 heavy (non-hydrogen) atoms. The number of para-hydroxylation sites is 1. The first-order chi connectivity index (χ1) is 14.2. The van der Waals surface area contributed by atoms with Crippen LogP contribution in [0.1, 0.15) is 18.4 Å². The summed E-state index contributed by atoms with van der Waals surface area (Å²) in [6, 6.07) is 17.7. The quantitative estimate of drug-likeness (QED) is 0.374. The predicted octanol–water partition coefficient (Wildman–Crippen LogP) is 3.78. The summed E-state index contributed by atoms with van der Waals surface area (Å²) in [4.78, 5) is 20.8. The molecule has 0 spiro atoms. The lowest BCUT2D eigenvalue weighted by Crippen LogP contribution is -2.22. The lowest BCUT2D eigenvalue weighted by Gasteiger charge is -2.08. The normalized spacial score (nSPS) is 11.4. The number of carbonyl (C=O) groups is 1. The number of nitrogens with zero attached hydrogens (tertiary/aromatic N) is 3. The topological polar surface area (TPSA) is 85.8 Å². The fourth-order valence-corrected chi connectivity index (χ4v) is 3.39. The second-order valence-corrected chi connectivity index (χ2v) is 6.89. The van der Waals surface area contributed by atoms with Crippen LogP contribution in [0.3, 0.4) is 0 Å². The van der Waals surface area contributed by atoms with E-state index in [0.717, 1.165) is 46.9 Å². The number of benzene rings is 2. The van der Waals surface area contributed by atoms with Crippen LogP contribution in [0.15, 0.2) is 67.0 Å². The summed E-state index contributed by atoms with van der Waals surface area (Å²) in [5.41, 5.74) is 9.71. The van der Waals surface area contributed by atoms with Crippen LogP contribution in [-0.4, -0.2) is 27.0 Å². The van der Waals surface area contributed by atoms with Crippen LogP contribution in [0.2, 0.25) is 0 Å². The van der Waals surface area contributed by atoms with Crippen molar-refractivity contribution in [2.45, 2.75) is 19.4 Å². The Morgan fingerprint density at radius 1 is 1.07 bits per heavy atom. The number of carbonyl (C=O) groups excluding carboxylic acids is 1. The van der Waals surface area contributed by atoms with Crippen molar-refractivity contribution in [3.8, 4) is 0 Å². The van der Waals surface area contributed by atoms with Crippen LogP contribution in [-0.2, 0) is 11.3 Å². The second kappa shape index (κ2) is 8.56. The fourth-order valence-electron chi connectivity index (χ4n) is 3.39. The first kappa shape index (κ1) is 18.7. The van der Waals surface area contributed by atoms with E-state index in [9.17, 15) is 4.79 Å². The summed E-state index contributed by atoms with van der Waals surface area (Å²) < 4.78 is 2.12. The van der Waals surface area contributed by atoms with Crippen LogP contribution >= 0.6 is 0 Å². The summed E-state index contributed by atoms with van der Waals surface area (Å²) >= 11 is 0. The van der Waals surface area contributed by atoms with Gasteiger partial charge >= 0.3 is 0 Å². The van der Waals surface area contributed by atoms with Gasteiger partial charge in [0.1, 0.15) is 5.52 Å². The lowest BCUT2D eigenvalue weighted by atomic mass is 10.2. The number of nitrogens with two attached hydrogens (primary N) is 1. The molecule has 146 valence electrons. The van der Waals surface area contributed by atoms with Gasteiger partial charge in [0, 0.05) is 24.6 Å². The Balaban J connectivity index is 1.33. The van der Waals surface area contributed by atoms with Crippen molar-refractivity contribution in [2.75, 3.05) is 12.3 Å². The highest BCUT2D eigenvalue weighted by molar-refractivity contribution is 6.06. The van der Waals surface area contributed by atoms with Gasteiger partial charge in [0.05, 0.1) is 17.4 Å². The van der Waals surface area contributed by atoms with Gasteiger partial charge < -0.3 is 15.6 Å². The summed E-state index contributed by atoms with van der Waals surface area (Å²) in [6.45, 7) is 1.44. The zero-order valence-corrected chi connectivity index (χ0v) is 16.1. The van der Waals surface area contributed by atoms with E-state index in [4.69, 9.17) is 5.73 Å². The zero-order valence-electron chi connectivity index (χ0n) is 16.1. The molecule has 0 radical (unpaired) electrons. The maximum absolute atomic E-state index is 11.9. The van der Waals surface area contributed by atoms with Crippen molar-refractivity contribution in [3.05, 3.63) is 72.6 Å². The average Bonchev–Trinajstić information content (AvgIpc) is 3.18. The van der Waals surface area contributed by atoms with Crippen LogP contribution in [0.25, 0.3) is 28.0 Å². The minimum atomic E-state index is -0.0771. The Hall–Kier alpha value is -3.67. The Bertz CT molecular complexity index is 1160. The molecule has 1 amide bonds. The maximum atomic E-state index is 11.9. The molecule has 6 heteroatoms. The standard InChI is InChI=1S/C23H23N5O/c24-23-21-22(18-10-4-5-11-19(18)27-23)28(16-26-21)15-7-6-14-25-20(29)13-12-17-8-2-1-3-9-17/h1-5,8-13,16H,6-7,14-15H2,(H2,24,27)(H,25,29). The molecule has 2 heterocycles. The third-order valence-electron chi connectivity index (χ3n) is 4.83. The molecule has 0 aliphatic heterocycles. The van der Waals surface area contributed by atoms with Gasteiger partial charge in [-0.1, -0.05) is 48.5 Å². The van der Waals surface area contributed by atoms with E-state index in [1.54, 1.807) is 6.08 Å². The van der Waals surface area contributed by atoms with E-state index in [2.05, 4.69) is 19.9 Å². The largest absolute Gasteiger partial charge is 0.382 e. The van der Waals surface area contributed by atoms with Gasteiger partial charge in [-0.05, 0) is 30.5 Å². The van der Waals surface area contributed by atoms with E-state index >= 15 is 0 Å². The van der Waals surface area contributed by atoms with Gasteiger partial charge in [-0.15, -0.1) is 0 Å². The third kappa shape index (κ3) is 4.27. The monoisotopic (exact) mass is 385 g/mol. The summed E-state index contributed by atoms with van der Waals surface area (Å²) in [5, 5.41) is 3.98. The van der Waals surface area contributed by atoms with Crippen molar-refractivity contribution in [1.29, 1.82) is 0 Å². The number of nitrogen functional groups attached to an aromatic ring is 1. The van der Waals surface area contributed by atoms with E-state index in [-0.39, 0.29) is 5.91 Å². The summed E-state index contributed by atoms with van der Waals surface area (Å²) in [5.74, 6) is 0.377. The van der Waals surface area contributed by atoms with Gasteiger partial charge in [0.15, 0.2) is 5.82 Å². The minimum Gasteiger partial charge on any atom is -0.382 e. The first-order valence-electron chi connectivity index (χ1n) is 9.72. The molecular formula is C23H23N5O. The van der Waals surface area contributed by atoms with Crippen LogP contribution < -0.4 is 11.1 Å². The second-order valence-electron chi connectivity index (χ2n) is 6.89. The van der Waals surface area contributed by atoms with Crippen LogP contribution in [0.5, 0.6) is 0 Å². The van der Waals surface area contributed by atoms with Crippen LogP contribution in [0.4, 0.5) is 5.82 Å². The number of amides is 1. The third-order valence-corrected chi connectivity index (χ3v) is 4.83. The number of unbranched alkanes of at least 4 members (excludes halogenated alkanes) is 1. The smallest absolute Gasteiger partial charge is 0.243 e. The molecule has 0 saturated heterocycles. The van der Waals surface area contributed by atoms with Gasteiger partial charge in [-0.2, -0.15) is 0 Å². The highest BCUT2D eigenvalue weighted by Crippen LogP contribution is 2.27. The molecule has 0 aliphatic carbocycles. The highest BCUT2D eigenvalue weighted by atomic mass is 16.1. The van der Waals surface area contributed by atoms with Crippen molar-refractivity contribution >= 4 is 39.7 Å². The Morgan fingerprint density at radius 2 is 1.86 bits per heavy atom. The molecule has 0 aliphatic rings. The zero-order chi connectivity index (χ0) is 20.1. The molecular weight excluding hydrogens is 362 g/mol. The average molecular weight is 385 g/mol. The number of imidazole rings is 1. The molecule has 4 rings (SSSR count). The van der Waals surface area contributed by atoms with Crippen LogP contribution in [0, 0.1) is 0 Å². The number of anilines is 1. The van der Waals surface area contributed by atoms with Gasteiger partial charge in [-0.25, -0.2) is 9.97 Å².